The summed E-state index contributed by atoms with van der Waals surface area (Å²) in [5, 5.41) is 11.1. The first-order valence-corrected chi connectivity index (χ1v) is 6.48. The van der Waals surface area contributed by atoms with Gasteiger partial charge in [0.05, 0.1) is 0 Å². The number of carbonyl (C=O) groups excluding carboxylic acids is 1. The second-order valence-electron chi connectivity index (χ2n) is 5.65. The van der Waals surface area contributed by atoms with Gasteiger partial charge in [-0.2, -0.15) is 0 Å². The molecule has 4 unspecified atom stereocenters. The van der Waals surface area contributed by atoms with Gasteiger partial charge in [-0.3, -0.25) is 14.9 Å². The molecular formula is C13H17NO3. The molecule has 0 heterocycles. The maximum atomic E-state index is 12.0. The summed E-state index contributed by atoms with van der Waals surface area (Å²) in [6.45, 7) is 1.86. The van der Waals surface area contributed by atoms with Crippen molar-refractivity contribution in [2.24, 2.45) is 29.6 Å². The zero-order valence-corrected chi connectivity index (χ0v) is 9.91. The first kappa shape index (κ1) is 10.9. The van der Waals surface area contributed by atoms with E-state index < -0.39 is 6.04 Å². The van der Waals surface area contributed by atoms with Crippen molar-refractivity contribution in [1.29, 1.82) is 0 Å². The van der Waals surface area contributed by atoms with Crippen molar-refractivity contribution >= 4 is 5.78 Å². The lowest BCUT2D eigenvalue weighted by molar-refractivity contribution is -0.534. The Hall–Kier alpha value is -1.19. The summed E-state index contributed by atoms with van der Waals surface area (Å²) >= 11 is 0. The Morgan fingerprint density at radius 3 is 2.82 bits per heavy atom. The van der Waals surface area contributed by atoms with Crippen molar-refractivity contribution in [2.45, 2.75) is 32.2 Å². The fraction of sp³-hybridized carbons (Fsp3) is 0.769. The van der Waals surface area contributed by atoms with Gasteiger partial charge in [0.1, 0.15) is 5.78 Å². The summed E-state index contributed by atoms with van der Waals surface area (Å²) in [4.78, 5) is 23.0. The molecule has 2 fully saturated rings. The molecule has 4 heteroatoms. The van der Waals surface area contributed by atoms with Crippen LogP contribution in [0.3, 0.4) is 0 Å². The van der Waals surface area contributed by atoms with Crippen molar-refractivity contribution in [3.05, 3.63) is 22.3 Å². The van der Waals surface area contributed by atoms with E-state index in [0.29, 0.717) is 24.7 Å². The zero-order chi connectivity index (χ0) is 12.2. The van der Waals surface area contributed by atoms with Crippen molar-refractivity contribution < 1.29 is 9.72 Å². The van der Waals surface area contributed by atoms with Crippen LogP contribution in [-0.2, 0) is 4.79 Å². The Labute approximate surface area is 100 Å². The Morgan fingerprint density at radius 2 is 2.18 bits per heavy atom. The van der Waals surface area contributed by atoms with Gasteiger partial charge in [-0.15, -0.1) is 0 Å². The molecule has 0 amide bonds. The number of carbonyl (C=O) groups is 1. The average Bonchev–Trinajstić information content (AvgIpc) is 2.92. The van der Waals surface area contributed by atoms with Gasteiger partial charge in [0.15, 0.2) is 0 Å². The molecule has 0 aromatic rings. The van der Waals surface area contributed by atoms with Crippen LogP contribution in [-0.4, -0.2) is 16.7 Å². The highest BCUT2D eigenvalue weighted by molar-refractivity contribution is 5.85. The molecule has 3 aliphatic carbocycles. The monoisotopic (exact) mass is 235 g/mol. The van der Waals surface area contributed by atoms with Crippen LogP contribution < -0.4 is 0 Å². The number of allylic oxidation sites excluding steroid dienone is 2. The van der Waals surface area contributed by atoms with E-state index in [2.05, 4.69) is 12.2 Å². The van der Waals surface area contributed by atoms with E-state index in [1.165, 1.54) is 0 Å². The number of nitro groups is 1. The molecule has 3 aliphatic rings. The standard InChI is InChI=1S/C13H17NO3/c1-2-10(14(16)17)9-6-11(15)13-8-4-3-7(5-8)12(9)13/h3-4,7-10,12-13H,2,5-6H2,1H3/t7-,8+,9?,10?,12?,13?/m0/s1. The fourth-order valence-corrected chi connectivity index (χ4v) is 4.40. The van der Waals surface area contributed by atoms with E-state index in [1.807, 2.05) is 6.92 Å². The molecule has 3 rings (SSSR count). The number of hydrogen-bond acceptors (Lipinski definition) is 3. The van der Waals surface area contributed by atoms with Crippen molar-refractivity contribution in [3.63, 3.8) is 0 Å². The summed E-state index contributed by atoms with van der Waals surface area (Å²) in [5.41, 5.74) is 0. The minimum Gasteiger partial charge on any atom is -0.299 e. The summed E-state index contributed by atoms with van der Waals surface area (Å²) < 4.78 is 0. The number of rotatable bonds is 3. The van der Waals surface area contributed by atoms with Gasteiger partial charge in [0, 0.05) is 29.6 Å². The van der Waals surface area contributed by atoms with Gasteiger partial charge in [0.2, 0.25) is 6.04 Å². The highest BCUT2D eigenvalue weighted by Crippen LogP contribution is 2.57. The molecule has 2 saturated carbocycles. The van der Waals surface area contributed by atoms with Crippen LogP contribution in [0.5, 0.6) is 0 Å². The van der Waals surface area contributed by atoms with E-state index in [4.69, 9.17) is 0 Å². The molecule has 2 bridgehead atoms. The maximum absolute atomic E-state index is 12.0. The van der Waals surface area contributed by atoms with Crippen LogP contribution in [0, 0.1) is 39.7 Å². The normalized spacial score (nSPS) is 44.1. The Kier molecular flexibility index (Phi) is 2.35. The summed E-state index contributed by atoms with van der Waals surface area (Å²) in [7, 11) is 0. The highest BCUT2D eigenvalue weighted by Gasteiger charge is 2.58. The molecule has 17 heavy (non-hydrogen) atoms. The molecular weight excluding hydrogens is 218 g/mol. The van der Waals surface area contributed by atoms with Gasteiger partial charge in [-0.1, -0.05) is 19.1 Å². The number of ketones is 1. The second kappa shape index (κ2) is 3.65. The third kappa shape index (κ3) is 1.39. The summed E-state index contributed by atoms with van der Waals surface area (Å²) in [5.74, 6) is 1.42. The van der Waals surface area contributed by atoms with Crippen LogP contribution in [0.1, 0.15) is 26.2 Å². The first-order chi connectivity index (χ1) is 8.13. The lowest BCUT2D eigenvalue weighted by atomic mass is 9.78. The van der Waals surface area contributed by atoms with Crippen LogP contribution in [0.2, 0.25) is 0 Å². The molecule has 4 nitrogen and oxygen atoms in total. The molecule has 0 aromatic heterocycles. The first-order valence-electron chi connectivity index (χ1n) is 6.48. The third-order valence-electron chi connectivity index (χ3n) is 5.01. The molecule has 0 aromatic carbocycles. The van der Waals surface area contributed by atoms with Crippen molar-refractivity contribution in [3.8, 4) is 0 Å². The molecule has 0 spiro atoms. The lowest BCUT2D eigenvalue weighted by Crippen LogP contribution is -2.34. The maximum Gasteiger partial charge on any atom is 0.216 e. The third-order valence-corrected chi connectivity index (χ3v) is 5.01. The predicted octanol–water partition coefficient (Wildman–Crippen LogP) is 2.07. The highest BCUT2D eigenvalue weighted by atomic mass is 16.6. The van der Waals surface area contributed by atoms with Crippen molar-refractivity contribution in [1.82, 2.24) is 0 Å². The quantitative estimate of drug-likeness (QED) is 0.427. The SMILES string of the molecule is CCC(C1CC(=O)C2C1[C@H]1C=C[C@@H]2C1)[N+](=O)[O-]. The Bertz CT molecular complexity index is 403. The number of nitrogens with zero attached hydrogens (tertiary/aromatic N) is 1. The molecule has 0 radical (unpaired) electrons. The summed E-state index contributed by atoms with van der Waals surface area (Å²) in [6, 6.07) is -0.526. The molecule has 0 saturated heterocycles. The molecule has 6 atom stereocenters. The minimum absolute atomic E-state index is 0.0209. The van der Waals surface area contributed by atoms with E-state index in [-0.39, 0.29) is 28.5 Å². The largest absolute Gasteiger partial charge is 0.299 e. The minimum atomic E-state index is -0.526. The van der Waals surface area contributed by atoms with E-state index in [9.17, 15) is 14.9 Å². The van der Waals surface area contributed by atoms with Gasteiger partial charge < -0.3 is 0 Å². The fourth-order valence-electron chi connectivity index (χ4n) is 4.40. The van der Waals surface area contributed by atoms with Gasteiger partial charge >= 0.3 is 0 Å². The second-order valence-corrected chi connectivity index (χ2v) is 5.65. The topological polar surface area (TPSA) is 60.2 Å². The van der Waals surface area contributed by atoms with E-state index in [1.54, 1.807) is 0 Å². The van der Waals surface area contributed by atoms with Crippen LogP contribution in [0.15, 0.2) is 12.2 Å². The van der Waals surface area contributed by atoms with Crippen LogP contribution >= 0.6 is 0 Å². The van der Waals surface area contributed by atoms with Gasteiger partial charge in [-0.25, -0.2) is 0 Å². The predicted molar refractivity (Wildman–Crippen MR) is 61.9 cm³/mol. The molecule has 92 valence electrons. The van der Waals surface area contributed by atoms with E-state index >= 15 is 0 Å². The van der Waals surface area contributed by atoms with Crippen molar-refractivity contribution in [2.75, 3.05) is 0 Å². The zero-order valence-electron chi connectivity index (χ0n) is 9.91. The Balaban J connectivity index is 1.90. The smallest absolute Gasteiger partial charge is 0.216 e. The number of hydrogen-bond donors (Lipinski definition) is 0. The lowest BCUT2D eigenvalue weighted by Gasteiger charge is -2.26. The van der Waals surface area contributed by atoms with Gasteiger partial charge in [0.25, 0.3) is 0 Å². The summed E-state index contributed by atoms with van der Waals surface area (Å²) in [6.07, 6.45) is 6.35. The van der Waals surface area contributed by atoms with Crippen LogP contribution in [0.4, 0.5) is 0 Å². The molecule has 0 N–H and O–H groups in total. The number of Topliss-reactive ketones (excluding diaryl/α,β-unsaturated/α-hetero) is 1. The van der Waals surface area contributed by atoms with Gasteiger partial charge in [-0.05, 0) is 24.2 Å². The molecule has 0 aliphatic heterocycles. The van der Waals surface area contributed by atoms with Crippen LogP contribution in [0.25, 0.3) is 0 Å². The average molecular weight is 235 g/mol. The Morgan fingerprint density at radius 1 is 1.47 bits per heavy atom. The number of fused-ring (bicyclic) bond motifs is 5. The van der Waals surface area contributed by atoms with E-state index in [0.717, 1.165) is 6.42 Å².